The molecule has 0 radical (unpaired) electrons. The molecule has 0 saturated carbocycles. The first-order valence-corrected chi connectivity index (χ1v) is 6.13. The molecule has 3 N–H and O–H groups in total. The fourth-order valence-corrected chi connectivity index (χ4v) is 1.68. The van der Waals surface area contributed by atoms with Gasteiger partial charge in [-0.05, 0) is 12.5 Å². The maximum atomic E-state index is 6.19. The van der Waals surface area contributed by atoms with E-state index < -0.39 is 0 Å². The summed E-state index contributed by atoms with van der Waals surface area (Å²) >= 11 is 0. The Hall–Kier alpha value is -1.68. The molecule has 1 atom stereocenters. The Morgan fingerprint density at radius 3 is 2.28 bits per heavy atom. The molecule has 1 heterocycles. The van der Waals surface area contributed by atoms with Gasteiger partial charge >= 0.3 is 0 Å². The van der Waals surface area contributed by atoms with Crippen LogP contribution in [0, 0.1) is 6.92 Å². The maximum absolute atomic E-state index is 6.19. The number of nitrogens with zero attached hydrogens (tertiary/aromatic N) is 2. The molecule has 0 spiro atoms. The minimum absolute atomic E-state index is 0.0677. The van der Waals surface area contributed by atoms with Gasteiger partial charge in [0.05, 0.1) is 6.04 Å². The van der Waals surface area contributed by atoms with Gasteiger partial charge in [0.2, 0.25) is 0 Å². The van der Waals surface area contributed by atoms with E-state index in [0.29, 0.717) is 5.82 Å². The topological polar surface area (TPSA) is 67.6 Å². The quantitative estimate of drug-likeness (QED) is 0.852. The Kier molecular flexibility index (Phi) is 3.22. The van der Waals surface area contributed by atoms with Gasteiger partial charge in [-0.2, -0.15) is 5.10 Å². The molecule has 0 aliphatic heterocycles. The average Bonchev–Trinajstić information content (AvgIpc) is 2.78. The van der Waals surface area contributed by atoms with Crippen molar-refractivity contribution < 1.29 is 0 Å². The lowest BCUT2D eigenvalue weighted by atomic mass is 9.96. The maximum Gasteiger partial charge on any atom is 0.156 e. The van der Waals surface area contributed by atoms with E-state index in [-0.39, 0.29) is 11.5 Å². The fourth-order valence-electron chi connectivity index (χ4n) is 1.68. The summed E-state index contributed by atoms with van der Waals surface area (Å²) in [6.45, 7) is 8.30. The van der Waals surface area contributed by atoms with E-state index in [2.05, 4.69) is 55.0 Å². The molecule has 0 saturated heterocycles. The molecular weight excluding hydrogens is 224 g/mol. The van der Waals surface area contributed by atoms with Crippen molar-refractivity contribution in [2.75, 3.05) is 0 Å². The number of aryl methyl sites for hydroxylation is 1. The van der Waals surface area contributed by atoms with Gasteiger partial charge in [-0.15, -0.1) is 0 Å². The molecule has 1 aromatic carbocycles. The number of rotatable bonds is 2. The van der Waals surface area contributed by atoms with Gasteiger partial charge in [0.15, 0.2) is 5.82 Å². The predicted molar refractivity (Wildman–Crippen MR) is 72.3 cm³/mol. The predicted octanol–water partition coefficient (Wildman–Crippen LogP) is 2.46. The van der Waals surface area contributed by atoms with Crippen molar-refractivity contribution in [3.63, 3.8) is 0 Å². The summed E-state index contributed by atoms with van der Waals surface area (Å²) < 4.78 is 0. The first-order valence-electron chi connectivity index (χ1n) is 6.13. The SMILES string of the molecule is Cc1ccc(C(N)c2nc(C(C)(C)C)n[nH]2)cc1. The first-order chi connectivity index (χ1) is 8.38. The van der Waals surface area contributed by atoms with Crippen LogP contribution >= 0.6 is 0 Å². The Bertz CT molecular complexity index is 519. The second kappa shape index (κ2) is 4.53. The normalized spacial score (nSPS) is 13.6. The van der Waals surface area contributed by atoms with Gasteiger partial charge in [0, 0.05) is 5.41 Å². The molecule has 1 unspecified atom stereocenters. The second-order valence-corrected chi connectivity index (χ2v) is 5.68. The lowest BCUT2D eigenvalue weighted by molar-refractivity contribution is 0.547. The van der Waals surface area contributed by atoms with Crippen LogP contribution in [0.3, 0.4) is 0 Å². The summed E-state index contributed by atoms with van der Waals surface area (Å²) in [5.74, 6) is 1.50. The molecule has 4 heteroatoms. The molecule has 0 bridgehead atoms. The number of aromatic nitrogens is 3. The minimum Gasteiger partial charge on any atom is -0.318 e. The third-order valence-corrected chi connectivity index (χ3v) is 2.90. The van der Waals surface area contributed by atoms with Crippen molar-refractivity contribution in [3.8, 4) is 0 Å². The van der Waals surface area contributed by atoms with Crippen LogP contribution in [0.15, 0.2) is 24.3 Å². The largest absolute Gasteiger partial charge is 0.318 e. The number of nitrogens with one attached hydrogen (secondary N) is 1. The van der Waals surface area contributed by atoms with Crippen molar-refractivity contribution in [1.29, 1.82) is 0 Å². The lowest BCUT2D eigenvalue weighted by Gasteiger charge is -2.12. The van der Waals surface area contributed by atoms with Crippen LogP contribution in [0.4, 0.5) is 0 Å². The highest BCUT2D eigenvalue weighted by Crippen LogP contribution is 2.21. The standard InChI is InChI=1S/C14H20N4/c1-9-5-7-10(8-6-9)11(15)12-16-13(18-17-12)14(2,3)4/h5-8,11H,15H2,1-4H3,(H,16,17,18). The Labute approximate surface area is 108 Å². The zero-order chi connectivity index (χ0) is 13.3. The van der Waals surface area contributed by atoms with Gasteiger partial charge in [-0.1, -0.05) is 50.6 Å². The Morgan fingerprint density at radius 1 is 1.17 bits per heavy atom. The number of nitrogens with two attached hydrogens (primary N) is 1. The molecule has 0 aliphatic carbocycles. The summed E-state index contributed by atoms with van der Waals surface area (Å²) in [4.78, 5) is 4.49. The molecule has 0 aliphatic rings. The fraction of sp³-hybridized carbons (Fsp3) is 0.429. The molecule has 0 amide bonds. The van der Waals surface area contributed by atoms with Crippen LogP contribution in [0.5, 0.6) is 0 Å². The van der Waals surface area contributed by atoms with Gasteiger partial charge in [-0.3, -0.25) is 5.10 Å². The summed E-state index contributed by atoms with van der Waals surface area (Å²) in [7, 11) is 0. The van der Waals surface area contributed by atoms with Gasteiger partial charge in [-0.25, -0.2) is 4.98 Å². The highest BCUT2D eigenvalue weighted by Gasteiger charge is 2.21. The molecule has 96 valence electrons. The smallest absolute Gasteiger partial charge is 0.156 e. The molecule has 1 aromatic heterocycles. The van der Waals surface area contributed by atoms with E-state index in [9.17, 15) is 0 Å². The highest BCUT2D eigenvalue weighted by atomic mass is 15.2. The van der Waals surface area contributed by atoms with Crippen LogP contribution in [-0.2, 0) is 5.41 Å². The Morgan fingerprint density at radius 2 is 1.78 bits per heavy atom. The molecule has 4 nitrogen and oxygen atoms in total. The highest BCUT2D eigenvalue weighted by molar-refractivity contribution is 5.27. The summed E-state index contributed by atoms with van der Waals surface area (Å²) in [5, 5.41) is 7.17. The average molecular weight is 244 g/mol. The third-order valence-electron chi connectivity index (χ3n) is 2.90. The van der Waals surface area contributed by atoms with E-state index >= 15 is 0 Å². The van der Waals surface area contributed by atoms with E-state index in [1.54, 1.807) is 0 Å². The molecular formula is C14H20N4. The molecule has 2 rings (SSSR count). The number of hydrogen-bond donors (Lipinski definition) is 2. The van der Waals surface area contributed by atoms with Crippen LogP contribution in [0.25, 0.3) is 0 Å². The monoisotopic (exact) mass is 244 g/mol. The zero-order valence-electron chi connectivity index (χ0n) is 11.4. The van der Waals surface area contributed by atoms with Crippen LogP contribution in [0.1, 0.15) is 49.6 Å². The van der Waals surface area contributed by atoms with Crippen molar-refractivity contribution in [1.82, 2.24) is 15.2 Å². The molecule has 18 heavy (non-hydrogen) atoms. The number of hydrogen-bond acceptors (Lipinski definition) is 3. The van der Waals surface area contributed by atoms with Gasteiger partial charge < -0.3 is 5.73 Å². The summed E-state index contributed by atoms with van der Waals surface area (Å²) in [6.07, 6.45) is 0. The van der Waals surface area contributed by atoms with Crippen molar-refractivity contribution in [2.45, 2.75) is 39.2 Å². The first kappa shape index (κ1) is 12.8. The molecule has 0 fully saturated rings. The van der Waals surface area contributed by atoms with Crippen LogP contribution < -0.4 is 5.73 Å². The van der Waals surface area contributed by atoms with Crippen molar-refractivity contribution >= 4 is 0 Å². The zero-order valence-corrected chi connectivity index (χ0v) is 11.4. The number of benzene rings is 1. The minimum atomic E-state index is -0.255. The second-order valence-electron chi connectivity index (χ2n) is 5.68. The summed E-state index contributed by atoms with van der Waals surface area (Å²) in [5.41, 5.74) is 8.38. The summed E-state index contributed by atoms with van der Waals surface area (Å²) in [6, 6.07) is 7.90. The van der Waals surface area contributed by atoms with E-state index in [1.165, 1.54) is 5.56 Å². The van der Waals surface area contributed by atoms with Gasteiger partial charge in [0.1, 0.15) is 5.82 Å². The van der Waals surface area contributed by atoms with Crippen molar-refractivity contribution in [2.24, 2.45) is 5.73 Å². The van der Waals surface area contributed by atoms with E-state index in [4.69, 9.17) is 5.73 Å². The van der Waals surface area contributed by atoms with E-state index in [1.807, 2.05) is 12.1 Å². The molecule has 2 aromatic rings. The third kappa shape index (κ3) is 2.59. The van der Waals surface area contributed by atoms with Crippen LogP contribution in [-0.4, -0.2) is 15.2 Å². The number of aromatic amines is 1. The van der Waals surface area contributed by atoms with Crippen LogP contribution in [0.2, 0.25) is 0 Å². The van der Waals surface area contributed by atoms with E-state index in [0.717, 1.165) is 11.4 Å². The lowest BCUT2D eigenvalue weighted by Crippen LogP contribution is -2.16. The Balaban J connectivity index is 2.26. The van der Waals surface area contributed by atoms with Gasteiger partial charge in [0.25, 0.3) is 0 Å². The number of H-pyrrole nitrogens is 1. The van der Waals surface area contributed by atoms with Crippen molar-refractivity contribution in [3.05, 3.63) is 47.0 Å².